The third kappa shape index (κ3) is 4.11. The van der Waals surface area contributed by atoms with Gasteiger partial charge in [-0.25, -0.2) is 4.98 Å². The largest absolute Gasteiger partial charge is 0.327 e. The van der Waals surface area contributed by atoms with E-state index in [0.29, 0.717) is 5.16 Å². The first kappa shape index (κ1) is 14.2. The van der Waals surface area contributed by atoms with Crippen LogP contribution in [0, 0.1) is 5.41 Å². The molecule has 0 aliphatic heterocycles. The monoisotopic (exact) mass is 254 g/mol. The van der Waals surface area contributed by atoms with Crippen molar-refractivity contribution in [3.8, 4) is 0 Å². The van der Waals surface area contributed by atoms with Gasteiger partial charge in [-0.05, 0) is 18.3 Å². The highest BCUT2D eigenvalue weighted by atomic mass is 32.2. The normalized spacial score (nSPS) is 15.5. The van der Waals surface area contributed by atoms with Gasteiger partial charge in [-0.1, -0.05) is 26.8 Å². The predicted molar refractivity (Wildman–Crippen MR) is 72.3 cm³/mol. The fourth-order valence-corrected chi connectivity index (χ4v) is 3.58. The second-order valence-corrected chi connectivity index (χ2v) is 7.16. The summed E-state index contributed by atoms with van der Waals surface area (Å²) in [5.41, 5.74) is 0.161. The maximum Gasteiger partial charge on any atom is 0.199 e. The smallest absolute Gasteiger partial charge is 0.199 e. The van der Waals surface area contributed by atoms with Crippen molar-refractivity contribution in [3.63, 3.8) is 0 Å². The van der Waals surface area contributed by atoms with E-state index in [2.05, 4.69) is 32.3 Å². The maximum absolute atomic E-state index is 12.5. The molecule has 4 heteroatoms. The average Bonchev–Trinajstić information content (AvgIpc) is 2.61. The van der Waals surface area contributed by atoms with Crippen LogP contribution in [0.1, 0.15) is 33.6 Å². The summed E-state index contributed by atoms with van der Waals surface area (Å²) >= 11 is 0. The Morgan fingerprint density at radius 2 is 2.24 bits per heavy atom. The van der Waals surface area contributed by atoms with Crippen molar-refractivity contribution >= 4 is 10.8 Å². The second-order valence-electron chi connectivity index (χ2n) is 5.53. The molecule has 0 saturated heterocycles. The number of aryl methyl sites for hydroxylation is 1. The Balaban J connectivity index is 2.88. The van der Waals surface area contributed by atoms with Crippen LogP contribution in [0.2, 0.25) is 0 Å². The van der Waals surface area contributed by atoms with E-state index in [1.807, 2.05) is 23.9 Å². The number of nitrogens with zero attached hydrogens (tertiary/aromatic N) is 2. The zero-order valence-electron chi connectivity index (χ0n) is 11.1. The summed E-state index contributed by atoms with van der Waals surface area (Å²) in [5, 5.41) is 0.745. The Labute approximate surface area is 106 Å². The average molecular weight is 254 g/mol. The lowest BCUT2D eigenvalue weighted by Crippen LogP contribution is -2.23. The molecular formula is C13H22N2OS. The first-order chi connectivity index (χ1) is 7.85. The minimum Gasteiger partial charge on any atom is -0.327 e. The number of rotatable bonds is 5. The van der Waals surface area contributed by atoms with Crippen LogP contribution < -0.4 is 0 Å². The molecule has 0 saturated carbocycles. The number of allylic oxidation sites excluding steroid dienone is 1. The molecule has 3 nitrogen and oxygen atoms in total. The van der Waals surface area contributed by atoms with E-state index in [4.69, 9.17) is 0 Å². The Bertz CT molecular complexity index is 404. The van der Waals surface area contributed by atoms with Crippen LogP contribution in [-0.4, -0.2) is 19.0 Å². The molecule has 0 fully saturated rings. The van der Waals surface area contributed by atoms with Crippen LogP contribution in [0.5, 0.6) is 0 Å². The minimum absolute atomic E-state index is 0.0913. The highest BCUT2D eigenvalue weighted by Crippen LogP contribution is 2.27. The molecule has 0 aliphatic carbocycles. The Kier molecular flexibility index (Phi) is 4.69. The molecule has 17 heavy (non-hydrogen) atoms. The van der Waals surface area contributed by atoms with Gasteiger partial charge in [-0.2, -0.15) is 0 Å². The number of imidazole rings is 1. The fourth-order valence-electron chi connectivity index (χ4n) is 1.81. The molecule has 0 radical (unpaired) electrons. The van der Waals surface area contributed by atoms with Crippen molar-refractivity contribution in [2.45, 2.75) is 44.0 Å². The summed E-state index contributed by atoms with van der Waals surface area (Å²) in [6.07, 6.45) is 7.02. The molecule has 0 aliphatic rings. The quantitative estimate of drug-likeness (QED) is 0.757. The van der Waals surface area contributed by atoms with Gasteiger partial charge in [0, 0.05) is 24.7 Å². The van der Waals surface area contributed by atoms with Crippen molar-refractivity contribution in [1.29, 1.82) is 0 Å². The van der Waals surface area contributed by atoms with E-state index in [9.17, 15) is 4.21 Å². The van der Waals surface area contributed by atoms with Gasteiger partial charge in [-0.3, -0.25) is 4.21 Å². The van der Waals surface area contributed by atoms with Crippen LogP contribution in [0.25, 0.3) is 0 Å². The maximum atomic E-state index is 12.5. The summed E-state index contributed by atoms with van der Waals surface area (Å²) in [4.78, 5) is 4.18. The van der Waals surface area contributed by atoms with E-state index in [1.54, 1.807) is 6.20 Å². The van der Waals surface area contributed by atoms with Gasteiger partial charge < -0.3 is 4.57 Å². The van der Waals surface area contributed by atoms with Gasteiger partial charge in [-0.15, -0.1) is 6.58 Å². The SMILES string of the molecule is C=CC[C@H](CC(C)(C)C)S(=O)c1nccn1C. The number of hydrogen-bond donors (Lipinski definition) is 0. The molecule has 1 heterocycles. The number of hydrogen-bond acceptors (Lipinski definition) is 2. The van der Waals surface area contributed by atoms with Crippen LogP contribution in [0.3, 0.4) is 0 Å². The molecule has 0 aromatic carbocycles. The van der Waals surface area contributed by atoms with Gasteiger partial charge in [0.05, 0.1) is 10.8 Å². The minimum atomic E-state index is -1.07. The summed E-state index contributed by atoms with van der Waals surface area (Å²) in [6, 6.07) is 0. The van der Waals surface area contributed by atoms with Gasteiger partial charge in [0.15, 0.2) is 5.16 Å². The number of aromatic nitrogens is 2. The molecule has 2 atom stereocenters. The van der Waals surface area contributed by atoms with Crippen LogP contribution in [-0.2, 0) is 17.8 Å². The summed E-state index contributed by atoms with van der Waals surface area (Å²) in [6.45, 7) is 10.3. The molecule has 0 spiro atoms. The summed E-state index contributed by atoms with van der Waals surface area (Å²) < 4.78 is 14.3. The van der Waals surface area contributed by atoms with E-state index >= 15 is 0 Å². The lowest BCUT2D eigenvalue weighted by atomic mass is 9.89. The Hall–Kier alpha value is -0.900. The highest BCUT2D eigenvalue weighted by molar-refractivity contribution is 7.85. The third-order valence-corrected chi connectivity index (χ3v) is 4.25. The molecule has 1 aromatic rings. The Morgan fingerprint density at radius 1 is 1.59 bits per heavy atom. The summed E-state index contributed by atoms with van der Waals surface area (Å²) in [7, 11) is 0.810. The first-order valence-electron chi connectivity index (χ1n) is 5.84. The highest BCUT2D eigenvalue weighted by Gasteiger charge is 2.25. The molecule has 0 amide bonds. The van der Waals surface area contributed by atoms with Crippen molar-refractivity contribution in [1.82, 2.24) is 9.55 Å². The summed E-state index contributed by atoms with van der Waals surface area (Å²) in [5.74, 6) is 0. The van der Waals surface area contributed by atoms with Crippen molar-refractivity contribution in [3.05, 3.63) is 25.0 Å². The van der Waals surface area contributed by atoms with Gasteiger partial charge >= 0.3 is 0 Å². The molecule has 96 valence electrons. The fraction of sp³-hybridized carbons (Fsp3) is 0.615. The second kappa shape index (κ2) is 5.63. The van der Waals surface area contributed by atoms with Crippen LogP contribution >= 0.6 is 0 Å². The molecule has 0 bridgehead atoms. The van der Waals surface area contributed by atoms with Gasteiger partial charge in [0.1, 0.15) is 0 Å². The standard InChI is InChI=1S/C13H22N2OS/c1-6-7-11(10-13(2,3)4)17(16)12-14-8-9-15(12)5/h6,8-9,11H,1,7,10H2,2-5H3/t11-,17?/m1/s1. The topological polar surface area (TPSA) is 34.9 Å². The lowest BCUT2D eigenvalue weighted by molar-refractivity contribution is 0.369. The van der Waals surface area contributed by atoms with Crippen molar-refractivity contribution < 1.29 is 4.21 Å². The molecule has 0 N–H and O–H groups in total. The van der Waals surface area contributed by atoms with E-state index in [0.717, 1.165) is 12.8 Å². The van der Waals surface area contributed by atoms with Gasteiger partial charge in [0.25, 0.3) is 0 Å². The van der Waals surface area contributed by atoms with E-state index in [-0.39, 0.29) is 10.7 Å². The zero-order chi connectivity index (χ0) is 13.1. The first-order valence-corrected chi connectivity index (χ1v) is 7.05. The molecular weight excluding hydrogens is 232 g/mol. The van der Waals surface area contributed by atoms with Crippen molar-refractivity contribution in [2.75, 3.05) is 0 Å². The Morgan fingerprint density at radius 3 is 2.65 bits per heavy atom. The lowest BCUT2D eigenvalue weighted by Gasteiger charge is -2.24. The van der Waals surface area contributed by atoms with Crippen LogP contribution in [0.4, 0.5) is 0 Å². The third-order valence-electron chi connectivity index (χ3n) is 2.53. The van der Waals surface area contributed by atoms with Crippen molar-refractivity contribution in [2.24, 2.45) is 12.5 Å². The van der Waals surface area contributed by atoms with Gasteiger partial charge in [0.2, 0.25) is 0 Å². The predicted octanol–water partition coefficient (Wildman–Crippen LogP) is 2.91. The molecule has 1 unspecified atom stereocenters. The molecule has 1 aromatic heterocycles. The zero-order valence-corrected chi connectivity index (χ0v) is 12.0. The van der Waals surface area contributed by atoms with E-state index < -0.39 is 10.8 Å². The van der Waals surface area contributed by atoms with Crippen LogP contribution in [0.15, 0.2) is 30.2 Å². The molecule has 1 rings (SSSR count). The van der Waals surface area contributed by atoms with E-state index in [1.165, 1.54) is 0 Å².